The van der Waals surface area contributed by atoms with Crippen LogP contribution >= 0.6 is 11.3 Å². The van der Waals surface area contributed by atoms with Crippen LogP contribution in [0, 0.1) is 5.82 Å². The number of aromatic nitrogens is 2. The predicted molar refractivity (Wildman–Crippen MR) is 107 cm³/mol. The number of nitrogens with zero attached hydrogens (tertiary/aromatic N) is 2. The van der Waals surface area contributed by atoms with E-state index in [0.717, 1.165) is 16.7 Å². The fraction of sp³-hybridized carbons (Fsp3) is 0.333. The molecule has 0 saturated heterocycles. The molecule has 0 aliphatic carbocycles. The van der Waals surface area contributed by atoms with Gasteiger partial charge in [0, 0.05) is 24.5 Å². The van der Waals surface area contributed by atoms with E-state index in [1.54, 1.807) is 17.5 Å². The fourth-order valence-electron chi connectivity index (χ4n) is 3.36. The maximum Gasteiger partial charge on any atom is 0.449 e. The van der Waals surface area contributed by atoms with Gasteiger partial charge in [-0.15, -0.1) is 11.3 Å². The van der Waals surface area contributed by atoms with Crippen LogP contribution in [0.2, 0.25) is 0 Å². The van der Waals surface area contributed by atoms with E-state index in [1.165, 1.54) is 23.5 Å². The molecule has 0 aliphatic rings. The molecule has 0 radical (unpaired) electrons. The Kier molecular flexibility index (Phi) is 7.32. The summed E-state index contributed by atoms with van der Waals surface area (Å²) in [5.74, 6) is -3.23. The zero-order valence-corrected chi connectivity index (χ0v) is 17.4. The Hall–Kier alpha value is -2.76. The molecule has 6 nitrogen and oxygen atoms in total. The van der Waals surface area contributed by atoms with Crippen LogP contribution in [0.1, 0.15) is 25.1 Å². The lowest BCUT2D eigenvalue weighted by molar-refractivity contribution is -0.307. The van der Waals surface area contributed by atoms with Gasteiger partial charge in [0.25, 0.3) is 0 Å². The van der Waals surface area contributed by atoms with Crippen LogP contribution in [-0.4, -0.2) is 37.9 Å². The van der Waals surface area contributed by atoms with Gasteiger partial charge in [0.2, 0.25) is 5.82 Å². The molecule has 3 aromatic rings. The summed E-state index contributed by atoms with van der Waals surface area (Å²) in [6.45, 7) is -0.320. The van der Waals surface area contributed by atoms with Crippen molar-refractivity contribution in [2.24, 2.45) is 0 Å². The molecular weight excluding hydrogens is 452 g/mol. The molecule has 2 heterocycles. The number of aliphatic hydroxyl groups excluding tert-OH is 2. The highest BCUT2D eigenvalue weighted by Crippen LogP contribution is 2.40. The molecule has 0 saturated carbocycles. The van der Waals surface area contributed by atoms with E-state index < -0.39 is 42.4 Å². The minimum atomic E-state index is -4.80. The van der Waals surface area contributed by atoms with Gasteiger partial charge in [-0.2, -0.15) is 13.2 Å². The van der Waals surface area contributed by atoms with Gasteiger partial charge in [0.15, 0.2) is 0 Å². The third kappa shape index (κ3) is 5.72. The van der Waals surface area contributed by atoms with E-state index in [9.17, 15) is 37.7 Å². The zero-order valence-electron chi connectivity index (χ0n) is 16.6. The monoisotopic (exact) mass is 471 g/mol. The number of rotatable bonds is 9. The fourth-order valence-corrected chi connectivity index (χ4v) is 4.07. The number of carboxylic acid groups (broad SMARTS) is 1. The van der Waals surface area contributed by atoms with Gasteiger partial charge in [0.05, 0.1) is 22.8 Å². The molecule has 3 rings (SSSR count). The molecular formula is C21H19F4N2O4S-. The number of imidazole rings is 1. The first-order valence-corrected chi connectivity index (χ1v) is 10.5. The Bertz CT molecular complexity index is 1050. The molecule has 0 unspecified atom stereocenters. The van der Waals surface area contributed by atoms with Gasteiger partial charge in [0.1, 0.15) is 11.5 Å². The number of carbonyl (C=O) groups is 1. The van der Waals surface area contributed by atoms with Crippen LogP contribution in [-0.2, 0) is 17.5 Å². The first-order valence-electron chi connectivity index (χ1n) is 9.59. The lowest BCUT2D eigenvalue weighted by atomic mass is 10.1. The second-order valence-corrected chi connectivity index (χ2v) is 8.12. The number of carboxylic acids is 1. The van der Waals surface area contributed by atoms with Crippen molar-refractivity contribution in [3.63, 3.8) is 0 Å². The second-order valence-electron chi connectivity index (χ2n) is 7.17. The quantitative estimate of drug-likeness (QED) is 0.468. The number of hydrogen-bond acceptors (Lipinski definition) is 6. The maximum absolute atomic E-state index is 13.8. The van der Waals surface area contributed by atoms with E-state index in [0.29, 0.717) is 10.4 Å². The van der Waals surface area contributed by atoms with Gasteiger partial charge in [-0.25, -0.2) is 9.37 Å². The Balaban J connectivity index is 2.01. The highest BCUT2D eigenvalue weighted by Gasteiger charge is 2.39. The maximum atomic E-state index is 13.8. The Morgan fingerprint density at radius 2 is 1.84 bits per heavy atom. The number of benzene rings is 1. The van der Waals surface area contributed by atoms with E-state index in [2.05, 4.69) is 4.98 Å². The highest BCUT2D eigenvalue weighted by atomic mass is 32.1. The number of aliphatic carboxylic acids is 1. The number of alkyl halides is 3. The van der Waals surface area contributed by atoms with Crippen molar-refractivity contribution in [2.45, 2.75) is 44.2 Å². The lowest BCUT2D eigenvalue weighted by Crippen LogP contribution is -2.30. The van der Waals surface area contributed by atoms with E-state index in [4.69, 9.17) is 0 Å². The van der Waals surface area contributed by atoms with Crippen LogP contribution in [0.4, 0.5) is 17.6 Å². The summed E-state index contributed by atoms with van der Waals surface area (Å²) in [5, 5.41) is 32.0. The summed E-state index contributed by atoms with van der Waals surface area (Å²) in [6.07, 6.45) is -8.70. The van der Waals surface area contributed by atoms with Gasteiger partial charge < -0.3 is 24.7 Å². The zero-order chi connectivity index (χ0) is 23.5. The van der Waals surface area contributed by atoms with E-state index >= 15 is 0 Å². The summed E-state index contributed by atoms with van der Waals surface area (Å²) in [5.41, 5.74) is 0.497. The molecule has 2 atom stereocenters. The van der Waals surface area contributed by atoms with Crippen LogP contribution < -0.4 is 5.11 Å². The Morgan fingerprint density at radius 3 is 2.41 bits per heavy atom. The molecule has 2 N–H and O–H groups in total. The molecule has 0 fully saturated rings. The second kappa shape index (κ2) is 9.80. The molecule has 0 spiro atoms. The summed E-state index contributed by atoms with van der Waals surface area (Å²) in [4.78, 5) is 14.9. The highest BCUT2D eigenvalue weighted by molar-refractivity contribution is 7.13. The molecule has 0 amide bonds. The van der Waals surface area contributed by atoms with Crippen LogP contribution in [0.3, 0.4) is 0 Å². The van der Waals surface area contributed by atoms with Crippen molar-refractivity contribution in [2.75, 3.05) is 0 Å². The van der Waals surface area contributed by atoms with E-state index in [-0.39, 0.29) is 30.8 Å². The topological polar surface area (TPSA) is 98.4 Å². The molecule has 0 bridgehead atoms. The molecule has 1 aromatic carbocycles. The lowest BCUT2D eigenvalue weighted by Gasteiger charge is -2.19. The number of thiophene rings is 1. The summed E-state index contributed by atoms with van der Waals surface area (Å²) >= 11 is 1.20. The number of hydrogen-bond donors (Lipinski definition) is 2. The van der Waals surface area contributed by atoms with Gasteiger partial charge >= 0.3 is 6.18 Å². The Morgan fingerprint density at radius 1 is 1.16 bits per heavy atom. The van der Waals surface area contributed by atoms with Gasteiger partial charge in [-0.05, 0) is 48.6 Å². The van der Waals surface area contributed by atoms with Crippen molar-refractivity contribution in [1.29, 1.82) is 0 Å². The largest absolute Gasteiger partial charge is 0.550 e. The number of halogens is 4. The SMILES string of the molecule is O=C([O-])C[C@H](O)C[C@H](O)CCn1c(C(F)(F)F)nc(-c2cccs2)c1-c1ccc(F)cc1. The van der Waals surface area contributed by atoms with Crippen LogP contribution in [0.5, 0.6) is 0 Å². The minimum Gasteiger partial charge on any atom is -0.550 e. The average Bonchev–Trinajstić information content (AvgIpc) is 3.33. The van der Waals surface area contributed by atoms with Crippen molar-refractivity contribution in [3.8, 4) is 21.8 Å². The van der Waals surface area contributed by atoms with Crippen molar-refractivity contribution >= 4 is 17.3 Å². The third-order valence-corrected chi connectivity index (χ3v) is 5.60. The molecule has 32 heavy (non-hydrogen) atoms. The van der Waals surface area contributed by atoms with E-state index in [1.807, 2.05) is 0 Å². The minimum absolute atomic E-state index is 0.0745. The van der Waals surface area contributed by atoms with Gasteiger partial charge in [-0.3, -0.25) is 0 Å². The van der Waals surface area contributed by atoms with Crippen molar-refractivity contribution in [3.05, 3.63) is 53.4 Å². The molecule has 0 aliphatic heterocycles. The molecule has 2 aromatic heterocycles. The van der Waals surface area contributed by atoms with Gasteiger partial charge in [-0.1, -0.05) is 6.07 Å². The summed E-state index contributed by atoms with van der Waals surface area (Å²) in [6, 6.07) is 8.24. The summed E-state index contributed by atoms with van der Waals surface area (Å²) in [7, 11) is 0. The third-order valence-electron chi connectivity index (χ3n) is 4.73. The standard InChI is InChI=1S/C21H20F4N2O4S/c22-13-5-3-12(4-6-13)19-18(16-2-1-9-32-16)26-20(21(23,24)25)27(19)8-7-14(28)10-15(29)11-17(30)31/h1-6,9,14-15,28-29H,7-8,10-11H2,(H,30,31)/p-1/t14-,15-/m1/s1. The first kappa shape index (κ1) is 23.9. The van der Waals surface area contributed by atoms with Crippen LogP contribution in [0.25, 0.3) is 21.8 Å². The van der Waals surface area contributed by atoms with Crippen LogP contribution in [0.15, 0.2) is 41.8 Å². The average molecular weight is 471 g/mol. The normalized spacial score (nSPS) is 13.8. The smallest absolute Gasteiger partial charge is 0.449 e. The summed E-state index contributed by atoms with van der Waals surface area (Å²) < 4.78 is 55.8. The molecule has 172 valence electrons. The van der Waals surface area contributed by atoms with Crippen molar-refractivity contribution < 1.29 is 37.7 Å². The van der Waals surface area contributed by atoms with Crippen molar-refractivity contribution in [1.82, 2.24) is 9.55 Å². The predicted octanol–water partition coefficient (Wildman–Crippen LogP) is 3.08. The number of aliphatic hydroxyl groups is 2. The molecule has 11 heteroatoms. The first-order chi connectivity index (χ1) is 15.1. The Labute approximate surface area is 184 Å². The number of carbonyl (C=O) groups excluding carboxylic acids is 1.